The molecule has 0 amide bonds. The summed E-state index contributed by atoms with van der Waals surface area (Å²) < 4.78 is 23.0. The third kappa shape index (κ3) is 42.0. The van der Waals surface area contributed by atoms with Crippen molar-refractivity contribution >= 4 is 5.97 Å². The van der Waals surface area contributed by atoms with Gasteiger partial charge < -0.3 is 39.4 Å². The predicted molar refractivity (Wildman–Crippen MR) is 289 cm³/mol. The molecule has 1 fully saturated rings. The van der Waals surface area contributed by atoms with E-state index < -0.39 is 43.4 Å². The minimum atomic E-state index is -1.53. The fraction of sp³-hybridized carbons (Fsp3) is 0.950. The van der Waals surface area contributed by atoms with Crippen molar-refractivity contribution in [3.63, 3.8) is 0 Å². The van der Waals surface area contributed by atoms with Gasteiger partial charge in [0.05, 0.1) is 19.8 Å². The number of hydrogen-bond donors (Lipinski definition) is 4. The number of aliphatic hydroxyl groups excluding tert-OH is 4. The van der Waals surface area contributed by atoms with Crippen LogP contribution < -0.4 is 0 Å². The summed E-state index contributed by atoms with van der Waals surface area (Å²) in [7, 11) is 0. The average molecular weight is 982 g/mol. The van der Waals surface area contributed by atoms with Crippen molar-refractivity contribution in [1.82, 2.24) is 0 Å². The molecule has 1 saturated heterocycles. The van der Waals surface area contributed by atoms with Crippen molar-refractivity contribution in [3.8, 4) is 0 Å². The SMILES string of the molecule is CCCCCCCCCC/C=C\CCCCCCCCCCCC(=O)OC(COCCCCCCCCCCCCCCCCCCCCCCCCCCC)COC1OC(CO)C(O)C(O)C1O. The molecule has 0 radical (unpaired) electrons. The molecule has 410 valence electrons. The Hall–Kier alpha value is -1.07. The van der Waals surface area contributed by atoms with Gasteiger partial charge >= 0.3 is 5.97 Å². The molecule has 6 unspecified atom stereocenters. The summed E-state index contributed by atoms with van der Waals surface area (Å²) in [6.07, 6.45) is 55.6. The Labute approximate surface area is 426 Å². The molecule has 0 aromatic rings. The van der Waals surface area contributed by atoms with Gasteiger partial charge in [0.1, 0.15) is 30.5 Å². The van der Waals surface area contributed by atoms with Crippen LogP contribution in [0.1, 0.15) is 303 Å². The highest BCUT2D eigenvalue weighted by atomic mass is 16.7. The average Bonchev–Trinajstić information content (AvgIpc) is 3.35. The molecule has 0 saturated carbocycles. The Morgan fingerprint density at radius 3 is 1.17 bits per heavy atom. The third-order valence-electron chi connectivity index (χ3n) is 14.4. The van der Waals surface area contributed by atoms with Crippen LogP contribution in [0.3, 0.4) is 0 Å². The number of hydrogen-bond acceptors (Lipinski definition) is 9. The number of esters is 1. The minimum absolute atomic E-state index is 0.108. The number of allylic oxidation sites excluding steroid dienone is 2. The van der Waals surface area contributed by atoms with Crippen LogP contribution >= 0.6 is 0 Å². The standard InChI is InChI=1S/C60H116O9/c1-3-5-7-9-11-13-15-17-19-21-23-25-26-27-28-30-32-34-36-38-40-42-44-46-48-50-66-52-54(53-67-60-59(65)58(64)57(63)55(51-61)69-60)68-56(62)49-47-45-43-41-39-37-35-33-31-29-24-22-20-18-16-14-12-10-8-6-4-2/h22,24,54-55,57-61,63-65H,3-21,23,25-53H2,1-2H3/b24-22-. The Kier molecular flexibility index (Phi) is 49.5. The maximum atomic E-state index is 12.9. The van der Waals surface area contributed by atoms with Gasteiger partial charge in [-0.25, -0.2) is 0 Å². The lowest BCUT2D eigenvalue weighted by Crippen LogP contribution is -2.59. The molecular weight excluding hydrogens is 865 g/mol. The van der Waals surface area contributed by atoms with Crippen molar-refractivity contribution in [2.75, 3.05) is 26.4 Å². The van der Waals surface area contributed by atoms with Gasteiger partial charge in [-0.15, -0.1) is 0 Å². The number of carbonyl (C=O) groups is 1. The van der Waals surface area contributed by atoms with Gasteiger partial charge in [-0.1, -0.05) is 270 Å². The van der Waals surface area contributed by atoms with E-state index in [0.717, 1.165) is 32.1 Å². The van der Waals surface area contributed by atoms with Gasteiger partial charge in [0.15, 0.2) is 6.29 Å². The molecule has 0 aromatic carbocycles. The fourth-order valence-corrected chi connectivity index (χ4v) is 9.73. The van der Waals surface area contributed by atoms with Crippen molar-refractivity contribution in [2.24, 2.45) is 0 Å². The van der Waals surface area contributed by atoms with Crippen LogP contribution in [0.15, 0.2) is 12.2 Å². The van der Waals surface area contributed by atoms with Gasteiger partial charge in [-0.2, -0.15) is 0 Å². The van der Waals surface area contributed by atoms with E-state index in [2.05, 4.69) is 26.0 Å². The van der Waals surface area contributed by atoms with Gasteiger partial charge in [0, 0.05) is 13.0 Å². The molecule has 0 spiro atoms. The van der Waals surface area contributed by atoms with Crippen LogP contribution in [0, 0.1) is 0 Å². The number of rotatable bonds is 54. The molecule has 9 nitrogen and oxygen atoms in total. The third-order valence-corrected chi connectivity index (χ3v) is 14.4. The van der Waals surface area contributed by atoms with Crippen LogP contribution in [0.25, 0.3) is 0 Å². The highest BCUT2D eigenvalue weighted by Crippen LogP contribution is 2.23. The minimum Gasteiger partial charge on any atom is -0.457 e. The fourth-order valence-electron chi connectivity index (χ4n) is 9.73. The number of aliphatic hydroxyl groups is 4. The Morgan fingerprint density at radius 2 is 0.797 bits per heavy atom. The van der Waals surface area contributed by atoms with Crippen molar-refractivity contribution < 1.29 is 44.2 Å². The van der Waals surface area contributed by atoms with E-state index in [9.17, 15) is 25.2 Å². The van der Waals surface area contributed by atoms with E-state index in [-0.39, 0.29) is 19.2 Å². The monoisotopic (exact) mass is 981 g/mol. The van der Waals surface area contributed by atoms with E-state index >= 15 is 0 Å². The van der Waals surface area contributed by atoms with Gasteiger partial charge in [0.25, 0.3) is 0 Å². The van der Waals surface area contributed by atoms with E-state index in [4.69, 9.17) is 18.9 Å². The van der Waals surface area contributed by atoms with Crippen LogP contribution in [0.5, 0.6) is 0 Å². The Balaban J connectivity index is 2.11. The smallest absolute Gasteiger partial charge is 0.306 e. The molecule has 1 aliphatic rings. The zero-order chi connectivity index (χ0) is 49.9. The Bertz CT molecular complexity index is 1070. The van der Waals surface area contributed by atoms with Crippen LogP contribution in [-0.4, -0.2) is 89.6 Å². The second-order valence-electron chi connectivity index (χ2n) is 21.2. The van der Waals surface area contributed by atoms with Gasteiger partial charge in [-0.3, -0.25) is 4.79 Å². The van der Waals surface area contributed by atoms with Crippen LogP contribution in [0.2, 0.25) is 0 Å². The first-order chi connectivity index (χ1) is 33.9. The lowest BCUT2D eigenvalue weighted by molar-refractivity contribution is -0.305. The molecule has 69 heavy (non-hydrogen) atoms. The molecule has 9 heteroatoms. The molecule has 4 N–H and O–H groups in total. The zero-order valence-electron chi connectivity index (χ0n) is 45.6. The lowest BCUT2D eigenvalue weighted by atomic mass is 9.99. The zero-order valence-corrected chi connectivity index (χ0v) is 45.6. The van der Waals surface area contributed by atoms with Gasteiger partial charge in [0.2, 0.25) is 0 Å². The largest absolute Gasteiger partial charge is 0.457 e. The van der Waals surface area contributed by atoms with E-state index in [1.165, 1.54) is 250 Å². The molecule has 6 atom stereocenters. The summed E-state index contributed by atoms with van der Waals surface area (Å²) in [4.78, 5) is 12.9. The molecular formula is C60H116O9. The van der Waals surface area contributed by atoms with Crippen LogP contribution in [0.4, 0.5) is 0 Å². The molecule has 1 rings (SSSR count). The maximum absolute atomic E-state index is 12.9. The van der Waals surface area contributed by atoms with Crippen molar-refractivity contribution in [2.45, 2.75) is 340 Å². The summed E-state index contributed by atoms with van der Waals surface area (Å²) in [5.74, 6) is -0.308. The second kappa shape index (κ2) is 51.8. The number of carbonyl (C=O) groups excluding carboxylic acids is 1. The summed E-state index contributed by atoms with van der Waals surface area (Å²) in [5, 5.41) is 40.4. The molecule has 0 aliphatic carbocycles. The van der Waals surface area contributed by atoms with Crippen molar-refractivity contribution in [1.29, 1.82) is 0 Å². The molecule has 1 heterocycles. The molecule has 0 aromatic heterocycles. The second-order valence-corrected chi connectivity index (χ2v) is 21.2. The first-order valence-corrected chi connectivity index (χ1v) is 30.3. The Morgan fingerprint density at radius 1 is 0.449 bits per heavy atom. The molecule has 0 bridgehead atoms. The molecule has 1 aliphatic heterocycles. The maximum Gasteiger partial charge on any atom is 0.306 e. The van der Waals surface area contributed by atoms with Gasteiger partial charge in [-0.05, 0) is 38.5 Å². The summed E-state index contributed by atoms with van der Waals surface area (Å²) in [6.45, 7) is 4.63. The summed E-state index contributed by atoms with van der Waals surface area (Å²) in [6, 6.07) is 0. The highest BCUT2D eigenvalue weighted by molar-refractivity contribution is 5.69. The van der Waals surface area contributed by atoms with Crippen molar-refractivity contribution in [3.05, 3.63) is 12.2 Å². The lowest BCUT2D eigenvalue weighted by Gasteiger charge is -2.39. The van der Waals surface area contributed by atoms with E-state index in [0.29, 0.717) is 13.0 Å². The predicted octanol–water partition coefficient (Wildman–Crippen LogP) is 15.9. The van der Waals surface area contributed by atoms with E-state index in [1.54, 1.807) is 0 Å². The summed E-state index contributed by atoms with van der Waals surface area (Å²) in [5.41, 5.74) is 0. The topological polar surface area (TPSA) is 135 Å². The van der Waals surface area contributed by atoms with Crippen LogP contribution in [-0.2, 0) is 23.7 Å². The normalized spacial score (nSPS) is 19.0. The first kappa shape index (κ1) is 65.9. The summed E-state index contributed by atoms with van der Waals surface area (Å²) >= 11 is 0. The number of ether oxygens (including phenoxy) is 4. The van der Waals surface area contributed by atoms with E-state index in [1.807, 2.05) is 0 Å². The quantitative estimate of drug-likeness (QED) is 0.0267. The first-order valence-electron chi connectivity index (χ1n) is 30.3. The number of unbranched alkanes of at least 4 members (excludes halogenated alkanes) is 41. The highest BCUT2D eigenvalue weighted by Gasteiger charge is 2.44.